The van der Waals surface area contributed by atoms with E-state index in [4.69, 9.17) is 5.26 Å². The first-order valence-corrected chi connectivity index (χ1v) is 8.93. The van der Waals surface area contributed by atoms with Crippen LogP contribution in [0.25, 0.3) is 15.9 Å². The third-order valence-corrected chi connectivity index (χ3v) is 5.22. The average molecular weight is 376 g/mol. The molecule has 5 nitrogen and oxygen atoms in total. The molecule has 4 aromatic rings. The van der Waals surface area contributed by atoms with Crippen LogP contribution in [0.5, 0.6) is 0 Å². The van der Waals surface area contributed by atoms with Crippen LogP contribution in [-0.4, -0.2) is 15.7 Å². The molecule has 2 aromatic carbocycles. The average Bonchev–Trinajstić information content (AvgIpc) is 3.24. The number of nitriles is 1. The van der Waals surface area contributed by atoms with E-state index < -0.39 is 0 Å². The summed E-state index contributed by atoms with van der Waals surface area (Å²) in [6, 6.07) is 16.6. The summed E-state index contributed by atoms with van der Waals surface area (Å²) in [6.07, 6.45) is 0. The highest BCUT2D eigenvalue weighted by Gasteiger charge is 2.17. The number of hydrogen-bond acceptors (Lipinski definition) is 4. The van der Waals surface area contributed by atoms with Gasteiger partial charge in [-0.05, 0) is 61.5 Å². The third kappa shape index (κ3) is 3.18. The Balaban J connectivity index is 1.66. The highest BCUT2D eigenvalue weighted by molar-refractivity contribution is 7.20. The van der Waals surface area contributed by atoms with Crippen molar-refractivity contribution in [3.8, 4) is 11.8 Å². The number of aryl methyl sites for hydroxylation is 1. The molecule has 2 aromatic heterocycles. The van der Waals surface area contributed by atoms with Crippen LogP contribution in [0.4, 0.5) is 10.1 Å². The van der Waals surface area contributed by atoms with Crippen molar-refractivity contribution in [2.75, 3.05) is 5.32 Å². The molecule has 7 heteroatoms. The second-order valence-electron chi connectivity index (χ2n) is 5.95. The Morgan fingerprint density at radius 3 is 2.56 bits per heavy atom. The van der Waals surface area contributed by atoms with E-state index in [0.717, 1.165) is 21.6 Å². The van der Waals surface area contributed by atoms with E-state index in [1.54, 1.807) is 47.1 Å². The summed E-state index contributed by atoms with van der Waals surface area (Å²) in [5.41, 5.74) is 2.68. The molecule has 0 bridgehead atoms. The van der Waals surface area contributed by atoms with E-state index in [2.05, 4.69) is 10.4 Å². The monoisotopic (exact) mass is 376 g/mol. The Kier molecular flexibility index (Phi) is 4.18. The van der Waals surface area contributed by atoms with Crippen LogP contribution in [0.1, 0.15) is 20.9 Å². The van der Waals surface area contributed by atoms with Crippen LogP contribution >= 0.6 is 11.3 Å². The van der Waals surface area contributed by atoms with Crippen LogP contribution in [0.2, 0.25) is 0 Å². The number of hydrogen-bond donors (Lipinski definition) is 1. The van der Waals surface area contributed by atoms with Gasteiger partial charge in [-0.1, -0.05) is 0 Å². The molecule has 0 radical (unpaired) electrons. The molecule has 0 aliphatic heterocycles. The molecule has 132 valence electrons. The summed E-state index contributed by atoms with van der Waals surface area (Å²) in [5.74, 6) is -0.543. The minimum atomic E-state index is -0.312. The van der Waals surface area contributed by atoms with Crippen LogP contribution in [0.15, 0.2) is 54.6 Å². The van der Waals surface area contributed by atoms with Gasteiger partial charge in [0, 0.05) is 11.1 Å². The molecule has 2 heterocycles. The number of halogens is 1. The zero-order valence-electron chi connectivity index (χ0n) is 14.2. The van der Waals surface area contributed by atoms with Gasteiger partial charge in [0.2, 0.25) is 0 Å². The molecule has 0 unspecified atom stereocenters. The van der Waals surface area contributed by atoms with Gasteiger partial charge in [0.05, 0.1) is 27.9 Å². The van der Waals surface area contributed by atoms with E-state index in [9.17, 15) is 9.18 Å². The molecular formula is C20H13FN4OS. The predicted octanol–water partition coefficient (Wildman–Crippen LogP) is 4.66. The normalized spacial score (nSPS) is 10.7. The van der Waals surface area contributed by atoms with Gasteiger partial charge in [0.1, 0.15) is 10.6 Å². The first kappa shape index (κ1) is 16.9. The highest BCUT2D eigenvalue weighted by atomic mass is 32.1. The lowest BCUT2D eigenvalue weighted by atomic mass is 10.2. The van der Waals surface area contributed by atoms with Gasteiger partial charge < -0.3 is 5.32 Å². The first-order valence-electron chi connectivity index (χ1n) is 8.12. The fourth-order valence-corrected chi connectivity index (χ4v) is 3.82. The maximum absolute atomic E-state index is 13.2. The predicted molar refractivity (Wildman–Crippen MR) is 103 cm³/mol. The quantitative estimate of drug-likeness (QED) is 0.565. The molecule has 0 atom stereocenters. The zero-order valence-corrected chi connectivity index (χ0v) is 15.0. The third-order valence-electron chi connectivity index (χ3n) is 4.11. The Hall–Kier alpha value is -3.50. The van der Waals surface area contributed by atoms with Gasteiger partial charge in [-0.2, -0.15) is 10.4 Å². The number of carbonyl (C=O) groups excluding carboxylic acids is 1. The molecule has 1 N–H and O–H groups in total. The number of nitrogens with zero attached hydrogens (tertiary/aromatic N) is 3. The summed E-state index contributed by atoms with van der Waals surface area (Å²) in [5, 5.41) is 17.1. The number of thiophene rings is 1. The largest absolute Gasteiger partial charge is 0.321 e. The lowest BCUT2D eigenvalue weighted by Gasteiger charge is -2.04. The minimum absolute atomic E-state index is 0.231. The van der Waals surface area contributed by atoms with Crippen molar-refractivity contribution in [1.82, 2.24) is 9.78 Å². The van der Waals surface area contributed by atoms with E-state index in [0.29, 0.717) is 16.1 Å². The van der Waals surface area contributed by atoms with E-state index in [1.165, 1.54) is 23.5 Å². The number of benzene rings is 2. The van der Waals surface area contributed by atoms with Gasteiger partial charge in [-0.3, -0.25) is 4.79 Å². The second-order valence-corrected chi connectivity index (χ2v) is 6.98. The molecule has 0 saturated heterocycles. The Bertz CT molecular complexity index is 1180. The van der Waals surface area contributed by atoms with Crippen LogP contribution in [-0.2, 0) is 0 Å². The van der Waals surface area contributed by atoms with Gasteiger partial charge in [-0.25, -0.2) is 9.07 Å². The molecule has 4 rings (SSSR count). The van der Waals surface area contributed by atoms with Gasteiger partial charge in [-0.15, -0.1) is 11.3 Å². The van der Waals surface area contributed by atoms with E-state index in [-0.39, 0.29) is 11.7 Å². The van der Waals surface area contributed by atoms with Crippen molar-refractivity contribution in [3.05, 3.63) is 76.5 Å². The van der Waals surface area contributed by atoms with Crippen molar-refractivity contribution in [3.63, 3.8) is 0 Å². The van der Waals surface area contributed by atoms with Crippen molar-refractivity contribution in [1.29, 1.82) is 5.26 Å². The van der Waals surface area contributed by atoms with Crippen molar-refractivity contribution in [2.24, 2.45) is 0 Å². The lowest BCUT2D eigenvalue weighted by Crippen LogP contribution is -2.10. The zero-order chi connectivity index (χ0) is 19.0. The highest BCUT2D eigenvalue weighted by Crippen LogP contribution is 2.31. The molecule has 1 amide bonds. The van der Waals surface area contributed by atoms with E-state index in [1.807, 2.05) is 13.0 Å². The summed E-state index contributed by atoms with van der Waals surface area (Å²) in [7, 11) is 0. The number of aromatic nitrogens is 2. The summed E-state index contributed by atoms with van der Waals surface area (Å²) < 4.78 is 14.9. The topological polar surface area (TPSA) is 70.7 Å². The van der Waals surface area contributed by atoms with Gasteiger partial charge >= 0.3 is 0 Å². The van der Waals surface area contributed by atoms with Crippen molar-refractivity contribution >= 4 is 33.1 Å². The maximum atomic E-state index is 13.2. The van der Waals surface area contributed by atoms with Crippen molar-refractivity contribution < 1.29 is 9.18 Å². The number of fused-ring (bicyclic) bond motifs is 1. The number of anilines is 1. The Morgan fingerprint density at radius 2 is 1.89 bits per heavy atom. The molecule has 0 saturated carbocycles. The minimum Gasteiger partial charge on any atom is -0.321 e. The summed E-state index contributed by atoms with van der Waals surface area (Å²) >= 11 is 1.32. The number of rotatable bonds is 3. The molecule has 27 heavy (non-hydrogen) atoms. The Labute approximate surface area is 158 Å². The van der Waals surface area contributed by atoms with Gasteiger partial charge in [0.25, 0.3) is 5.91 Å². The van der Waals surface area contributed by atoms with E-state index >= 15 is 0 Å². The smallest absolute Gasteiger partial charge is 0.265 e. The molecular weight excluding hydrogens is 363 g/mol. The SMILES string of the molecule is Cc1nn(-c2ccc(F)cc2)c2sc(C(=O)Nc3ccc(C#N)cc3)cc12. The standard InChI is InChI=1S/C20H13FN4OS/c1-12-17-10-18(19(26)23-15-6-2-13(11-22)3-7-15)27-20(17)25(24-12)16-8-4-14(21)5-9-16/h2-10H,1H3,(H,23,26). The van der Waals surface area contributed by atoms with Crippen LogP contribution < -0.4 is 5.32 Å². The van der Waals surface area contributed by atoms with Gasteiger partial charge in [0.15, 0.2) is 0 Å². The number of carbonyl (C=O) groups is 1. The van der Waals surface area contributed by atoms with Crippen LogP contribution in [0, 0.1) is 24.1 Å². The summed E-state index contributed by atoms with van der Waals surface area (Å²) in [4.78, 5) is 14.0. The summed E-state index contributed by atoms with van der Waals surface area (Å²) in [6.45, 7) is 1.87. The number of nitrogens with one attached hydrogen (secondary N) is 1. The molecule has 0 aliphatic rings. The number of amides is 1. The lowest BCUT2D eigenvalue weighted by molar-refractivity contribution is 0.103. The first-order chi connectivity index (χ1) is 13.0. The maximum Gasteiger partial charge on any atom is 0.265 e. The fourth-order valence-electron chi connectivity index (χ4n) is 2.74. The van der Waals surface area contributed by atoms with Crippen molar-refractivity contribution in [2.45, 2.75) is 6.92 Å². The Morgan fingerprint density at radius 1 is 1.19 bits per heavy atom. The van der Waals surface area contributed by atoms with Crippen LogP contribution in [0.3, 0.4) is 0 Å². The molecule has 0 fully saturated rings. The molecule has 0 spiro atoms. The second kappa shape index (κ2) is 6.67. The molecule has 0 aliphatic carbocycles. The fraction of sp³-hybridized carbons (Fsp3) is 0.0500.